The molecular formula is C21H18N4O3. The monoisotopic (exact) mass is 374 g/mol. The first-order chi connectivity index (χ1) is 13.8. The molecule has 0 radical (unpaired) electrons. The van der Waals surface area contributed by atoms with E-state index in [0.29, 0.717) is 12.4 Å². The van der Waals surface area contributed by atoms with Gasteiger partial charge in [-0.05, 0) is 23.3 Å². The van der Waals surface area contributed by atoms with Crippen molar-refractivity contribution in [2.24, 2.45) is 0 Å². The highest BCUT2D eigenvalue weighted by molar-refractivity contribution is 5.72. The number of aliphatic hydroxyl groups excluding tert-OH is 1. The number of nitrogens with zero attached hydrogens (tertiary/aromatic N) is 3. The van der Waals surface area contributed by atoms with Crippen molar-refractivity contribution in [1.29, 1.82) is 0 Å². The van der Waals surface area contributed by atoms with Crippen molar-refractivity contribution in [3.63, 3.8) is 0 Å². The number of hydrogen-bond donors (Lipinski definition) is 2. The van der Waals surface area contributed by atoms with Crippen LogP contribution in [0.5, 0.6) is 11.5 Å². The van der Waals surface area contributed by atoms with Gasteiger partial charge in [0, 0.05) is 24.5 Å². The first kappa shape index (κ1) is 16.6. The Morgan fingerprint density at radius 1 is 1.07 bits per heavy atom. The smallest absolute Gasteiger partial charge is 0.231 e. The Labute approximate surface area is 161 Å². The van der Waals surface area contributed by atoms with Crippen LogP contribution in [0, 0.1) is 0 Å². The standard InChI is InChI=1S/C21H18N4O3/c26-12-15-3-1-2-4-16(15)17-11-24-21-20(22-7-8-25(17)21)23-10-14-5-6-18-19(9-14)28-13-27-18/h1-9,11,26H,10,12-13H2,(H,22,23). The van der Waals surface area contributed by atoms with Crippen molar-refractivity contribution < 1.29 is 14.6 Å². The van der Waals surface area contributed by atoms with E-state index in [9.17, 15) is 5.11 Å². The Hall–Kier alpha value is -3.58. The van der Waals surface area contributed by atoms with Crippen molar-refractivity contribution in [1.82, 2.24) is 14.4 Å². The van der Waals surface area contributed by atoms with Crippen LogP contribution in [0.15, 0.2) is 61.1 Å². The van der Waals surface area contributed by atoms with Crippen LogP contribution in [0.4, 0.5) is 5.82 Å². The molecule has 0 amide bonds. The molecule has 5 rings (SSSR count). The summed E-state index contributed by atoms with van der Waals surface area (Å²) in [5.74, 6) is 2.21. The summed E-state index contributed by atoms with van der Waals surface area (Å²) < 4.78 is 12.8. The predicted octanol–water partition coefficient (Wildman–Crippen LogP) is 3.23. The molecule has 4 aromatic rings. The van der Waals surface area contributed by atoms with Crippen molar-refractivity contribution in [3.05, 3.63) is 72.2 Å². The fourth-order valence-corrected chi connectivity index (χ4v) is 3.39. The second kappa shape index (κ2) is 6.86. The SMILES string of the molecule is OCc1ccccc1-c1cnc2c(NCc3ccc4c(c3)OCO4)nccn12. The molecule has 2 N–H and O–H groups in total. The number of benzene rings is 2. The largest absolute Gasteiger partial charge is 0.454 e. The topological polar surface area (TPSA) is 80.9 Å². The van der Waals surface area contributed by atoms with Gasteiger partial charge in [0.1, 0.15) is 0 Å². The average Bonchev–Trinajstić information content (AvgIpc) is 3.38. The molecule has 7 heteroatoms. The molecule has 140 valence electrons. The van der Waals surface area contributed by atoms with Gasteiger partial charge in [0.05, 0.1) is 18.5 Å². The third kappa shape index (κ3) is 2.82. The highest BCUT2D eigenvalue weighted by atomic mass is 16.7. The van der Waals surface area contributed by atoms with Gasteiger partial charge < -0.3 is 19.9 Å². The summed E-state index contributed by atoms with van der Waals surface area (Å²) in [6.07, 6.45) is 5.41. The lowest BCUT2D eigenvalue weighted by molar-refractivity contribution is 0.174. The highest BCUT2D eigenvalue weighted by Crippen LogP contribution is 2.33. The normalized spacial score (nSPS) is 12.5. The molecule has 0 unspecified atom stereocenters. The molecule has 3 heterocycles. The predicted molar refractivity (Wildman–Crippen MR) is 104 cm³/mol. The zero-order valence-corrected chi connectivity index (χ0v) is 15.0. The van der Waals surface area contributed by atoms with Crippen LogP contribution in [-0.4, -0.2) is 26.3 Å². The Morgan fingerprint density at radius 3 is 2.89 bits per heavy atom. The first-order valence-electron chi connectivity index (χ1n) is 8.97. The fraction of sp³-hybridized carbons (Fsp3) is 0.143. The number of anilines is 1. The number of rotatable bonds is 5. The summed E-state index contributed by atoms with van der Waals surface area (Å²) >= 11 is 0. The number of hydrogen-bond acceptors (Lipinski definition) is 6. The van der Waals surface area contributed by atoms with Crippen LogP contribution in [0.3, 0.4) is 0 Å². The number of aromatic nitrogens is 3. The maximum atomic E-state index is 9.65. The van der Waals surface area contributed by atoms with Crippen LogP contribution in [0.25, 0.3) is 16.9 Å². The summed E-state index contributed by atoms with van der Waals surface area (Å²) in [5.41, 5.74) is 4.51. The molecule has 0 saturated carbocycles. The molecule has 2 aromatic heterocycles. The average molecular weight is 374 g/mol. The highest BCUT2D eigenvalue weighted by Gasteiger charge is 2.15. The summed E-state index contributed by atoms with van der Waals surface area (Å²) in [5, 5.41) is 13.0. The quantitative estimate of drug-likeness (QED) is 0.558. The molecule has 1 aliphatic heterocycles. The first-order valence-corrected chi connectivity index (χ1v) is 8.97. The zero-order chi connectivity index (χ0) is 18.9. The second-order valence-electron chi connectivity index (χ2n) is 6.47. The maximum Gasteiger partial charge on any atom is 0.231 e. The molecule has 28 heavy (non-hydrogen) atoms. The van der Waals surface area contributed by atoms with E-state index in [1.165, 1.54) is 0 Å². The van der Waals surface area contributed by atoms with Crippen LogP contribution in [0.1, 0.15) is 11.1 Å². The third-order valence-corrected chi connectivity index (χ3v) is 4.79. The van der Waals surface area contributed by atoms with E-state index in [1.54, 1.807) is 12.4 Å². The molecule has 2 aromatic carbocycles. The summed E-state index contributed by atoms with van der Waals surface area (Å²) in [4.78, 5) is 9.00. The minimum absolute atomic E-state index is 0.0241. The van der Waals surface area contributed by atoms with Crippen molar-refractivity contribution in [2.45, 2.75) is 13.2 Å². The van der Waals surface area contributed by atoms with Crippen LogP contribution in [-0.2, 0) is 13.2 Å². The summed E-state index contributed by atoms with van der Waals surface area (Å²) in [6.45, 7) is 0.821. The Kier molecular flexibility index (Phi) is 4.06. The van der Waals surface area contributed by atoms with E-state index in [0.717, 1.165) is 39.5 Å². The van der Waals surface area contributed by atoms with Gasteiger partial charge >= 0.3 is 0 Å². The number of aliphatic hydroxyl groups is 1. The second-order valence-corrected chi connectivity index (χ2v) is 6.47. The molecule has 0 bridgehead atoms. The van der Waals surface area contributed by atoms with Gasteiger partial charge in [-0.2, -0.15) is 0 Å². The lowest BCUT2D eigenvalue weighted by Crippen LogP contribution is -2.04. The van der Waals surface area contributed by atoms with Gasteiger partial charge in [0.2, 0.25) is 6.79 Å². The van der Waals surface area contributed by atoms with Gasteiger partial charge in [-0.1, -0.05) is 30.3 Å². The lowest BCUT2D eigenvalue weighted by Gasteiger charge is -2.10. The van der Waals surface area contributed by atoms with E-state index in [2.05, 4.69) is 15.3 Å². The Bertz CT molecular complexity index is 1160. The molecule has 0 saturated heterocycles. The minimum Gasteiger partial charge on any atom is -0.454 e. The number of nitrogens with one attached hydrogen (secondary N) is 1. The summed E-state index contributed by atoms with van der Waals surface area (Å²) in [7, 11) is 0. The van der Waals surface area contributed by atoms with Crippen molar-refractivity contribution in [2.75, 3.05) is 12.1 Å². The number of ether oxygens (including phenoxy) is 2. The molecule has 7 nitrogen and oxygen atoms in total. The van der Waals surface area contributed by atoms with Crippen LogP contribution < -0.4 is 14.8 Å². The van der Waals surface area contributed by atoms with Gasteiger partial charge in [0.25, 0.3) is 0 Å². The van der Waals surface area contributed by atoms with Gasteiger partial charge in [-0.25, -0.2) is 9.97 Å². The fourth-order valence-electron chi connectivity index (χ4n) is 3.39. The molecule has 0 aliphatic carbocycles. The molecular weight excluding hydrogens is 356 g/mol. The van der Waals surface area contributed by atoms with E-state index in [-0.39, 0.29) is 13.4 Å². The van der Waals surface area contributed by atoms with Gasteiger partial charge in [0.15, 0.2) is 23.0 Å². The Morgan fingerprint density at radius 2 is 1.96 bits per heavy atom. The molecule has 1 aliphatic rings. The van der Waals surface area contributed by atoms with E-state index < -0.39 is 0 Å². The van der Waals surface area contributed by atoms with Crippen molar-refractivity contribution >= 4 is 11.5 Å². The molecule has 0 spiro atoms. The molecule has 0 atom stereocenters. The van der Waals surface area contributed by atoms with Gasteiger partial charge in [-0.3, -0.25) is 4.40 Å². The van der Waals surface area contributed by atoms with Crippen LogP contribution in [0.2, 0.25) is 0 Å². The number of imidazole rings is 1. The van der Waals surface area contributed by atoms with E-state index in [1.807, 2.05) is 53.1 Å². The third-order valence-electron chi connectivity index (χ3n) is 4.79. The summed E-state index contributed by atoms with van der Waals surface area (Å²) in [6, 6.07) is 13.6. The molecule has 0 fully saturated rings. The minimum atomic E-state index is -0.0241. The van der Waals surface area contributed by atoms with Crippen molar-refractivity contribution in [3.8, 4) is 22.8 Å². The van der Waals surface area contributed by atoms with E-state index >= 15 is 0 Å². The van der Waals surface area contributed by atoms with E-state index in [4.69, 9.17) is 9.47 Å². The van der Waals surface area contributed by atoms with Gasteiger partial charge in [-0.15, -0.1) is 0 Å². The van der Waals surface area contributed by atoms with Crippen LogP contribution >= 0.6 is 0 Å². The lowest BCUT2D eigenvalue weighted by atomic mass is 10.1. The Balaban J connectivity index is 1.45. The zero-order valence-electron chi connectivity index (χ0n) is 15.0. The number of fused-ring (bicyclic) bond motifs is 2. The maximum absolute atomic E-state index is 9.65.